The summed E-state index contributed by atoms with van der Waals surface area (Å²) in [4.78, 5) is 25.6. The number of nitrogens with one attached hydrogen (secondary N) is 1. The predicted molar refractivity (Wildman–Crippen MR) is 76.6 cm³/mol. The molecule has 2 N–H and O–H groups in total. The fourth-order valence-corrected chi connectivity index (χ4v) is 2.12. The summed E-state index contributed by atoms with van der Waals surface area (Å²) in [7, 11) is 1.54. The van der Waals surface area contributed by atoms with Crippen LogP contribution >= 0.6 is 11.6 Å². The molecule has 0 atom stereocenters. The number of likely N-dealkylation sites (N-methyl/N-ethyl adjacent to an activating group) is 1. The highest BCUT2D eigenvalue weighted by molar-refractivity contribution is 6.34. The average molecular weight is 295 g/mol. The van der Waals surface area contributed by atoms with Crippen LogP contribution in [-0.2, 0) is 9.59 Å². The summed E-state index contributed by atoms with van der Waals surface area (Å²) in [6, 6.07) is 6.68. The summed E-state index contributed by atoms with van der Waals surface area (Å²) in [6.45, 7) is 3.33. The van der Waals surface area contributed by atoms with Crippen LogP contribution in [0.5, 0.6) is 0 Å². The molecule has 0 aliphatic carbocycles. The van der Waals surface area contributed by atoms with E-state index in [1.807, 2.05) is 0 Å². The van der Waals surface area contributed by atoms with E-state index in [0.29, 0.717) is 10.7 Å². The largest absolute Gasteiger partial charge is 0.509 e. The topological polar surface area (TPSA) is 69.6 Å². The Morgan fingerprint density at radius 2 is 1.95 bits per heavy atom. The number of carbonyl (C=O) groups is 2. The number of para-hydroxylation sites is 1. The van der Waals surface area contributed by atoms with Crippen LogP contribution in [0.1, 0.15) is 13.8 Å². The lowest BCUT2D eigenvalue weighted by Crippen LogP contribution is -2.40. The molecule has 0 fully saturated rings. The van der Waals surface area contributed by atoms with Crippen molar-refractivity contribution in [1.29, 1.82) is 0 Å². The van der Waals surface area contributed by atoms with Crippen LogP contribution in [0.4, 0.5) is 5.69 Å². The highest BCUT2D eigenvalue weighted by Gasteiger charge is 2.46. The quantitative estimate of drug-likeness (QED) is 0.823. The van der Waals surface area contributed by atoms with Gasteiger partial charge in [0, 0.05) is 7.05 Å². The molecule has 0 spiro atoms. The van der Waals surface area contributed by atoms with Gasteiger partial charge < -0.3 is 15.3 Å². The van der Waals surface area contributed by atoms with Crippen LogP contribution in [0.15, 0.2) is 35.6 Å². The number of aliphatic hydroxyl groups is 1. The molecule has 20 heavy (non-hydrogen) atoms. The Labute approximate surface area is 121 Å². The van der Waals surface area contributed by atoms with Gasteiger partial charge in [-0.05, 0) is 26.0 Å². The smallest absolute Gasteiger partial charge is 0.264 e. The zero-order chi connectivity index (χ0) is 15.1. The van der Waals surface area contributed by atoms with E-state index in [4.69, 9.17) is 11.6 Å². The second-order valence-electron chi connectivity index (χ2n) is 5.08. The van der Waals surface area contributed by atoms with Crippen LogP contribution in [0, 0.1) is 0 Å². The number of benzene rings is 1. The van der Waals surface area contributed by atoms with Gasteiger partial charge in [0.15, 0.2) is 0 Å². The van der Waals surface area contributed by atoms with Gasteiger partial charge in [-0.3, -0.25) is 9.59 Å². The number of carbonyl (C=O) groups excluding carboxylic acids is 2. The minimum absolute atomic E-state index is 0.241. The molecule has 2 rings (SSSR count). The van der Waals surface area contributed by atoms with Gasteiger partial charge >= 0.3 is 0 Å². The molecule has 6 heteroatoms. The molecule has 0 unspecified atom stereocenters. The zero-order valence-corrected chi connectivity index (χ0v) is 12.2. The normalized spacial score (nSPS) is 17.6. The second-order valence-corrected chi connectivity index (χ2v) is 5.49. The number of hydrogen-bond acceptors (Lipinski definition) is 3. The van der Waals surface area contributed by atoms with Crippen LogP contribution < -0.4 is 5.32 Å². The molecule has 1 aliphatic rings. The Morgan fingerprint density at radius 1 is 1.35 bits per heavy atom. The lowest BCUT2D eigenvalue weighted by atomic mass is 10.0. The number of nitrogens with zero attached hydrogens (tertiary/aromatic N) is 1. The SMILES string of the molecule is CN1C(=O)C(C(=O)Nc2ccccc2Cl)=C(O)C1(C)C. The summed E-state index contributed by atoms with van der Waals surface area (Å²) in [6.07, 6.45) is 0. The zero-order valence-electron chi connectivity index (χ0n) is 11.4. The maximum atomic E-state index is 12.2. The van der Waals surface area contributed by atoms with E-state index in [1.54, 1.807) is 38.1 Å². The van der Waals surface area contributed by atoms with Gasteiger partial charge in [0.05, 0.1) is 16.2 Å². The maximum Gasteiger partial charge on any atom is 0.264 e. The molecule has 2 amide bonds. The van der Waals surface area contributed by atoms with Crippen molar-refractivity contribution in [2.75, 3.05) is 12.4 Å². The fourth-order valence-electron chi connectivity index (χ4n) is 1.94. The van der Waals surface area contributed by atoms with E-state index in [0.717, 1.165) is 0 Å². The standard InChI is InChI=1S/C14H15ClN2O3/c1-14(2)11(18)10(13(20)17(14)3)12(19)16-9-7-5-4-6-8(9)15/h4-7,18H,1-3H3,(H,16,19). The number of hydrogen-bond donors (Lipinski definition) is 2. The number of rotatable bonds is 2. The lowest BCUT2D eigenvalue weighted by molar-refractivity contribution is -0.129. The lowest BCUT2D eigenvalue weighted by Gasteiger charge is -2.27. The van der Waals surface area contributed by atoms with Gasteiger partial charge in [-0.25, -0.2) is 0 Å². The fraction of sp³-hybridized carbons (Fsp3) is 0.286. The maximum absolute atomic E-state index is 12.2. The third-order valence-electron chi connectivity index (χ3n) is 3.52. The molecular weight excluding hydrogens is 280 g/mol. The minimum atomic E-state index is -0.899. The monoisotopic (exact) mass is 294 g/mol. The van der Waals surface area contributed by atoms with Crippen LogP contribution in [0.25, 0.3) is 0 Å². The van der Waals surface area contributed by atoms with Crippen molar-refractivity contribution in [3.8, 4) is 0 Å². The van der Waals surface area contributed by atoms with E-state index >= 15 is 0 Å². The van der Waals surface area contributed by atoms with Crippen molar-refractivity contribution >= 4 is 29.1 Å². The summed E-state index contributed by atoms with van der Waals surface area (Å²) in [5.41, 5.74) is -0.762. The third-order valence-corrected chi connectivity index (χ3v) is 3.85. The average Bonchev–Trinajstić information content (AvgIpc) is 2.54. The third kappa shape index (κ3) is 2.14. The molecular formula is C14H15ClN2O3. The number of anilines is 1. The van der Waals surface area contributed by atoms with Gasteiger partial charge in [-0.15, -0.1) is 0 Å². The van der Waals surface area contributed by atoms with Crippen molar-refractivity contribution < 1.29 is 14.7 Å². The Kier molecular flexibility index (Phi) is 3.48. The van der Waals surface area contributed by atoms with Crippen molar-refractivity contribution in [3.05, 3.63) is 40.6 Å². The number of amides is 2. The molecule has 5 nitrogen and oxygen atoms in total. The molecule has 106 valence electrons. The first-order valence-electron chi connectivity index (χ1n) is 6.04. The van der Waals surface area contributed by atoms with Crippen LogP contribution in [0.2, 0.25) is 5.02 Å². The van der Waals surface area contributed by atoms with Crippen molar-refractivity contribution in [1.82, 2.24) is 4.90 Å². The first-order valence-corrected chi connectivity index (χ1v) is 6.42. The Hall–Kier alpha value is -2.01. The molecule has 0 saturated heterocycles. The van der Waals surface area contributed by atoms with Gasteiger partial charge in [0.25, 0.3) is 11.8 Å². The molecule has 0 radical (unpaired) electrons. The van der Waals surface area contributed by atoms with Crippen LogP contribution in [-0.4, -0.2) is 34.4 Å². The summed E-state index contributed by atoms with van der Waals surface area (Å²) in [5, 5.41) is 13.0. The number of halogens is 1. The van der Waals surface area contributed by atoms with E-state index < -0.39 is 17.4 Å². The second kappa shape index (κ2) is 4.83. The summed E-state index contributed by atoms with van der Waals surface area (Å²) in [5.74, 6) is -1.43. The molecule has 1 aromatic carbocycles. The van der Waals surface area contributed by atoms with Crippen molar-refractivity contribution in [2.45, 2.75) is 19.4 Å². The molecule has 0 bridgehead atoms. The first-order chi connectivity index (χ1) is 9.26. The molecule has 1 aliphatic heterocycles. The highest BCUT2D eigenvalue weighted by atomic mass is 35.5. The Balaban J connectivity index is 2.33. The molecule has 0 aromatic heterocycles. The van der Waals surface area contributed by atoms with Crippen molar-refractivity contribution in [3.63, 3.8) is 0 Å². The van der Waals surface area contributed by atoms with E-state index in [2.05, 4.69) is 5.32 Å². The van der Waals surface area contributed by atoms with Gasteiger partial charge in [0.1, 0.15) is 11.3 Å². The molecule has 1 aromatic rings. The Morgan fingerprint density at radius 3 is 2.45 bits per heavy atom. The van der Waals surface area contributed by atoms with Crippen molar-refractivity contribution in [2.24, 2.45) is 0 Å². The Bertz CT molecular complexity index is 623. The van der Waals surface area contributed by atoms with Gasteiger partial charge in [0.2, 0.25) is 0 Å². The number of aliphatic hydroxyl groups excluding tert-OH is 1. The van der Waals surface area contributed by atoms with E-state index in [1.165, 1.54) is 11.9 Å². The minimum Gasteiger partial charge on any atom is -0.509 e. The van der Waals surface area contributed by atoms with Crippen LogP contribution in [0.3, 0.4) is 0 Å². The first kappa shape index (κ1) is 14.4. The predicted octanol–water partition coefficient (Wildman–Crippen LogP) is 2.34. The highest BCUT2D eigenvalue weighted by Crippen LogP contribution is 2.33. The molecule has 0 saturated carbocycles. The summed E-state index contributed by atoms with van der Waals surface area (Å²) >= 11 is 5.94. The van der Waals surface area contributed by atoms with E-state index in [-0.39, 0.29) is 11.3 Å². The van der Waals surface area contributed by atoms with Gasteiger partial charge in [-0.1, -0.05) is 23.7 Å². The molecule has 1 heterocycles. The van der Waals surface area contributed by atoms with Gasteiger partial charge in [-0.2, -0.15) is 0 Å². The van der Waals surface area contributed by atoms with E-state index in [9.17, 15) is 14.7 Å². The summed E-state index contributed by atoms with van der Waals surface area (Å²) < 4.78 is 0.